The van der Waals surface area contributed by atoms with Gasteiger partial charge in [0.1, 0.15) is 6.10 Å². The van der Waals surface area contributed by atoms with E-state index in [1.807, 2.05) is 0 Å². The molecule has 1 saturated heterocycles. The first-order valence-electron chi connectivity index (χ1n) is 6.15. The van der Waals surface area contributed by atoms with Crippen LogP contribution in [0.2, 0.25) is 0 Å². The van der Waals surface area contributed by atoms with Crippen molar-refractivity contribution in [1.29, 1.82) is 0 Å². The van der Waals surface area contributed by atoms with Gasteiger partial charge >= 0.3 is 12.1 Å². The van der Waals surface area contributed by atoms with Crippen LogP contribution in [0.5, 0.6) is 0 Å². The molecule has 2 rings (SSSR count). The van der Waals surface area contributed by atoms with Gasteiger partial charge in [-0.3, -0.25) is 4.79 Å². The summed E-state index contributed by atoms with van der Waals surface area (Å²) in [5.74, 6) is -4.46. The lowest BCUT2D eigenvalue weighted by Gasteiger charge is -2.17. The van der Waals surface area contributed by atoms with E-state index in [0.29, 0.717) is 5.82 Å². The molecule has 1 unspecified atom stereocenters. The SMILES string of the molecule is COC(C)c1nsc(N2C[C@@H](C(F)(F)F)[C@H](C(=O)O)C2)n1. The Hall–Kier alpha value is -1.42. The van der Waals surface area contributed by atoms with Crippen molar-refractivity contribution in [2.45, 2.75) is 19.2 Å². The molecule has 21 heavy (non-hydrogen) atoms. The molecule has 1 aliphatic rings. The number of halogens is 3. The van der Waals surface area contributed by atoms with Gasteiger partial charge in [0.25, 0.3) is 0 Å². The summed E-state index contributed by atoms with van der Waals surface area (Å²) in [7, 11) is 1.47. The molecule has 0 spiro atoms. The Bertz CT molecular complexity index is 522. The Labute approximate surface area is 122 Å². The van der Waals surface area contributed by atoms with Crippen LogP contribution < -0.4 is 4.90 Å². The lowest BCUT2D eigenvalue weighted by molar-refractivity contribution is -0.187. The smallest absolute Gasteiger partial charge is 0.394 e. The molecule has 0 aromatic carbocycles. The van der Waals surface area contributed by atoms with Crippen molar-refractivity contribution in [3.05, 3.63) is 5.82 Å². The largest absolute Gasteiger partial charge is 0.481 e. The van der Waals surface area contributed by atoms with E-state index in [-0.39, 0.29) is 17.8 Å². The Morgan fingerprint density at radius 1 is 1.52 bits per heavy atom. The standard InChI is InChI=1S/C11H14F3N3O3S/c1-5(20-2)8-15-10(21-16-8)17-3-6(9(18)19)7(4-17)11(12,13)14/h5-7H,3-4H2,1-2H3,(H,18,19)/t5?,6-,7-/m1/s1. The third-order valence-corrected chi connectivity index (χ3v) is 4.27. The number of carboxylic acid groups (broad SMARTS) is 1. The van der Waals surface area contributed by atoms with E-state index in [1.165, 1.54) is 12.0 Å². The summed E-state index contributed by atoms with van der Waals surface area (Å²) in [6.07, 6.45) is -4.92. The fraction of sp³-hybridized carbons (Fsp3) is 0.727. The first-order chi connectivity index (χ1) is 9.74. The minimum Gasteiger partial charge on any atom is -0.481 e. The summed E-state index contributed by atoms with van der Waals surface area (Å²) in [5.41, 5.74) is 0. The third kappa shape index (κ3) is 3.26. The highest BCUT2D eigenvalue weighted by molar-refractivity contribution is 7.09. The van der Waals surface area contributed by atoms with Crippen LogP contribution in [0, 0.1) is 11.8 Å². The molecular formula is C11H14F3N3O3S. The fourth-order valence-corrected chi connectivity index (χ4v) is 2.93. The molecule has 0 amide bonds. The molecule has 1 fully saturated rings. The van der Waals surface area contributed by atoms with Crippen LogP contribution in [-0.2, 0) is 9.53 Å². The van der Waals surface area contributed by atoms with Crippen molar-refractivity contribution in [2.75, 3.05) is 25.1 Å². The summed E-state index contributed by atoms with van der Waals surface area (Å²) in [4.78, 5) is 16.5. The highest BCUT2D eigenvalue weighted by Crippen LogP contribution is 2.39. The second-order valence-electron chi connectivity index (χ2n) is 4.81. The van der Waals surface area contributed by atoms with Gasteiger partial charge in [-0.25, -0.2) is 4.98 Å². The Balaban J connectivity index is 2.19. The lowest BCUT2D eigenvalue weighted by atomic mass is 9.96. The van der Waals surface area contributed by atoms with Crippen molar-refractivity contribution in [1.82, 2.24) is 9.36 Å². The lowest BCUT2D eigenvalue weighted by Crippen LogP contribution is -2.33. The van der Waals surface area contributed by atoms with Crippen LogP contribution in [-0.4, -0.2) is 46.8 Å². The van der Waals surface area contributed by atoms with Crippen LogP contribution in [0.1, 0.15) is 18.9 Å². The number of anilines is 1. The summed E-state index contributed by atoms with van der Waals surface area (Å²) in [5, 5.41) is 9.25. The van der Waals surface area contributed by atoms with E-state index in [0.717, 1.165) is 11.5 Å². The first-order valence-corrected chi connectivity index (χ1v) is 6.92. The van der Waals surface area contributed by atoms with Crippen molar-refractivity contribution >= 4 is 22.6 Å². The van der Waals surface area contributed by atoms with E-state index in [4.69, 9.17) is 9.84 Å². The molecule has 2 heterocycles. The fourth-order valence-electron chi connectivity index (χ4n) is 2.17. The highest BCUT2D eigenvalue weighted by atomic mass is 32.1. The van der Waals surface area contributed by atoms with E-state index in [1.54, 1.807) is 6.92 Å². The number of ether oxygens (including phenoxy) is 1. The minimum atomic E-state index is -4.55. The van der Waals surface area contributed by atoms with E-state index in [2.05, 4.69) is 9.36 Å². The molecule has 0 aliphatic carbocycles. The maximum Gasteiger partial charge on any atom is 0.394 e. The van der Waals surface area contributed by atoms with Crippen molar-refractivity contribution in [2.24, 2.45) is 11.8 Å². The Morgan fingerprint density at radius 2 is 2.19 bits per heavy atom. The number of aliphatic carboxylic acids is 1. The molecule has 3 atom stereocenters. The van der Waals surface area contributed by atoms with Crippen LogP contribution in [0.15, 0.2) is 0 Å². The molecular weight excluding hydrogens is 311 g/mol. The number of methoxy groups -OCH3 is 1. The van der Waals surface area contributed by atoms with Gasteiger partial charge in [0.05, 0.1) is 11.8 Å². The zero-order chi connectivity index (χ0) is 15.8. The van der Waals surface area contributed by atoms with Crippen LogP contribution in [0.25, 0.3) is 0 Å². The van der Waals surface area contributed by atoms with Crippen molar-refractivity contribution < 1.29 is 27.8 Å². The zero-order valence-corrected chi connectivity index (χ0v) is 12.1. The van der Waals surface area contributed by atoms with Gasteiger partial charge in [-0.1, -0.05) is 0 Å². The van der Waals surface area contributed by atoms with E-state index in [9.17, 15) is 18.0 Å². The van der Waals surface area contributed by atoms with Gasteiger partial charge in [-0.2, -0.15) is 17.5 Å². The van der Waals surface area contributed by atoms with Gasteiger partial charge in [0.15, 0.2) is 5.82 Å². The maximum absolute atomic E-state index is 12.9. The van der Waals surface area contributed by atoms with Crippen molar-refractivity contribution in [3.8, 4) is 0 Å². The monoisotopic (exact) mass is 325 g/mol. The molecule has 1 aromatic heterocycles. The molecule has 0 radical (unpaired) electrons. The number of nitrogens with zero attached hydrogens (tertiary/aromatic N) is 3. The summed E-state index contributed by atoms with van der Waals surface area (Å²) < 4.78 is 47.8. The predicted molar refractivity (Wildman–Crippen MR) is 68.2 cm³/mol. The number of rotatable bonds is 4. The molecule has 118 valence electrons. The number of hydrogen-bond donors (Lipinski definition) is 1. The molecule has 1 aromatic rings. The van der Waals surface area contributed by atoms with Crippen LogP contribution >= 0.6 is 11.5 Å². The van der Waals surface area contributed by atoms with Gasteiger partial charge in [0.2, 0.25) is 5.13 Å². The maximum atomic E-state index is 12.9. The van der Waals surface area contributed by atoms with Gasteiger partial charge in [-0.05, 0) is 6.92 Å². The van der Waals surface area contributed by atoms with Gasteiger partial charge in [-0.15, -0.1) is 0 Å². The number of carbonyl (C=O) groups is 1. The average Bonchev–Trinajstić information content (AvgIpc) is 3.03. The number of hydrogen-bond acceptors (Lipinski definition) is 6. The molecule has 6 nitrogen and oxygen atoms in total. The second-order valence-corrected chi connectivity index (χ2v) is 5.54. The average molecular weight is 325 g/mol. The Kier molecular flexibility index (Phi) is 4.38. The van der Waals surface area contributed by atoms with Gasteiger partial charge < -0.3 is 14.7 Å². The quantitative estimate of drug-likeness (QED) is 0.912. The molecule has 1 aliphatic heterocycles. The minimum absolute atomic E-state index is 0.227. The Morgan fingerprint density at radius 3 is 2.67 bits per heavy atom. The summed E-state index contributed by atoms with van der Waals surface area (Å²) in [6, 6.07) is 0. The topological polar surface area (TPSA) is 75.5 Å². The van der Waals surface area contributed by atoms with E-state index >= 15 is 0 Å². The van der Waals surface area contributed by atoms with Crippen LogP contribution in [0.3, 0.4) is 0 Å². The number of aromatic nitrogens is 2. The predicted octanol–water partition coefficient (Wildman–Crippen LogP) is 1.94. The van der Waals surface area contributed by atoms with Crippen LogP contribution in [0.4, 0.5) is 18.3 Å². The van der Waals surface area contributed by atoms with Gasteiger partial charge in [0, 0.05) is 31.7 Å². The molecule has 10 heteroatoms. The molecule has 0 bridgehead atoms. The summed E-state index contributed by atoms with van der Waals surface area (Å²) in [6.45, 7) is 1.07. The number of alkyl halides is 3. The summed E-state index contributed by atoms with van der Waals surface area (Å²) >= 11 is 0.941. The normalized spacial score (nSPS) is 24.3. The number of carboxylic acids is 1. The second kappa shape index (κ2) is 5.76. The molecule has 0 saturated carbocycles. The first kappa shape index (κ1) is 16.0. The third-order valence-electron chi connectivity index (χ3n) is 3.48. The highest BCUT2D eigenvalue weighted by Gasteiger charge is 2.53. The molecule has 1 N–H and O–H groups in total. The zero-order valence-electron chi connectivity index (χ0n) is 11.3. The van der Waals surface area contributed by atoms with E-state index < -0.39 is 30.5 Å². The van der Waals surface area contributed by atoms with Crippen molar-refractivity contribution in [3.63, 3.8) is 0 Å².